The van der Waals surface area contributed by atoms with E-state index in [0.29, 0.717) is 29.6 Å². The molecule has 2 unspecified atom stereocenters. The number of nitrogens with zero attached hydrogens (tertiary/aromatic N) is 4. The lowest BCUT2D eigenvalue weighted by atomic mass is 10.00. The number of fused-ring (bicyclic) bond motifs is 1. The van der Waals surface area contributed by atoms with Gasteiger partial charge < -0.3 is 23.9 Å². The Labute approximate surface area is 191 Å². The molecule has 2 aromatic carbocycles. The van der Waals surface area contributed by atoms with Crippen molar-refractivity contribution >= 4 is 5.91 Å². The van der Waals surface area contributed by atoms with Gasteiger partial charge >= 0.3 is 0 Å². The smallest absolute Gasteiger partial charge is 0.251 e. The number of benzene rings is 2. The van der Waals surface area contributed by atoms with Crippen LogP contribution < -0.4 is 14.9 Å². The molecule has 0 aliphatic carbocycles. The molecular weight excluding hydrogens is 422 g/mol. The molecule has 1 amide bonds. The zero-order chi connectivity index (χ0) is 22.9. The molecule has 0 spiro atoms. The Morgan fingerprint density at radius 1 is 1.09 bits per heavy atom. The van der Waals surface area contributed by atoms with Crippen LogP contribution in [0.2, 0.25) is 0 Å². The number of hydrogen-bond donors (Lipinski definition) is 1. The fourth-order valence-corrected chi connectivity index (χ4v) is 4.14. The lowest BCUT2D eigenvalue weighted by Crippen LogP contribution is -2.47. The second-order valence-electron chi connectivity index (χ2n) is 8.10. The molecule has 2 aliphatic rings. The number of rotatable bonds is 6. The highest BCUT2D eigenvalue weighted by Gasteiger charge is 2.40. The SMILES string of the molecule is COc1ccc(-c2noc(CN3C=CN4NC(c5ccc(C)cc5)CC4C3=O)n2)cc1OC. The number of aromatic nitrogens is 2. The number of aryl methyl sites for hydroxylation is 1. The summed E-state index contributed by atoms with van der Waals surface area (Å²) < 4.78 is 16.0. The summed E-state index contributed by atoms with van der Waals surface area (Å²) >= 11 is 0. The van der Waals surface area contributed by atoms with Crippen molar-refractivity contribution in [2.45, 2.75) is 32.0 Å². The van der Waals surface area contributed by atoms with Gasteiger partial charge in [-0.2, -0.15) is 4.98 Å². The summed E-state index contributed by atoms with van der Waals surface area (Å²) in [5, 5.41) is 5.95. The standard InChI is InChI=1S/C24H25N5O4/c1-15-4-6-16(7-5-15)18-13-19-24(30)28(10-11-29(19)26-18)14-22-25-23(27-33-22)17-8-9-20(31-2)21(12-17)32-3/h4-12,18-19,26H,13-14H2,1-3H3. The molecule has 3 aromatic rings. The van der Waals surface area contributed by atoms with Crippen molar-refractivity contribution in [1.82, 2.24) is 25.5 Å². The van der Waals surface area contributed by atoms with E-state index in [1.807, 2.05) is 17.3 Å². The van der Waals surface area contributed by atoms with E-state index in [4.69, 9.17) is 14.0 Å². The molecular formula is C24H25N5O4. The Morgan fingerprint density at radius 2 is 1.88 bits per heavy atom. The van der Waals surface area contributed by atoms with E-state index in [1.165, 1.54) is 11.1 Å². The quantitative estimate of drug-likeness (QED) is 0.616. The normalized spacial score (nSPS) is 19.7. The molecule has 170 valence electrons. The summed E-state index contributed by atoms with van der Waals surface area (Å²) in [4.78, 5) is 19.2. The van der Waals surface area contributed by atoms with Crippen LogP contribution in [0.4, 0.5) is 0 Å². The molecule has 1 fully saturated rings. The number of methoxy groups -OCH3 is 2. The van der Waals surface area contributed by atoms with Crippen LogP contribution in [0.1, 0.15) is 29.5 Å². The molecule has 2 atom stereocenters. The third-order valence-corrected chi connectivity index (χ3v) is 5.97. The van der Waals surface area contributed by atoms with Crippen LogP contribution in [0.5, 0.6) is 11.5 Å². The van der Waals surface area contributed by atoms with Crippen molar-refractivity contribution in [1.29, 1.82) is 0 Å². The zero-order valence-corrected chi connectivity index (χ0v) is 18.7. The number of ether oxygens (including phenoxy) is 2. The summed E-state index contributed by atoms with van der Waals surface area (Å²) in [6.07, 6.45) is 4.30. The van der Waals surface area contributed by atoms with Crippen LogP contribution in [-0.4, -0.2) is 46.2 Å². The van der Waals surface area contributed by atoms with Crippen LogP contribution in [0, 0.1) is 6.92 Å². The summed E-state index contributed by atoms with van der Waals surface area (Å²) in [5.41, 5.74) is 6.52. The van der Waals surface area contributed by atoms with Crippen molar-refractivity contribution in [3.8, 4) is 22.9 Å². The van der Waals surface area contributed by atoms with Crippen molar-refractivity contribution < 1.29 is 18.8 Å². The molecule has 0 bridgehead atoms. The maximum absolute atomic E-state index is 13.1. The Hall–Kier alpha value is -3.85. The van der Waals surface area contributed by atoms with Gasteiger partial charge in [-0.1, -0.05) is 35.0 Å². The van der Waals surface area contributed by atoms with Crippen molar-refractivity contribution in [2.75, 3.05) is 14.2 Å². The first-order chi connectivity index (χ1) is 16.1. The summed E-state index contributed by atoms with van der Waals surface area (Å²) in [5.74, 6) is 1.96. The first-order valence-corrected chi connectivity index (χ1v) is 10.7. The maximum atomic E-state index is 13.1. The second-order valence-corrected chi connectivity index (χ2v) is 8.10. The molecule has 2 aliphatic heterocycles. The molecule has 1 saturated heterocycles. The van der Waals surface area contributed by atoms with Gasteiger partial charge in [0.05, 0.1) is 20.3 Å². The molecule has 1 aromatic heterocycles. The van der Waals surface area contributed by atoms with Gasteiger partial charge in [0.2, 0.25) is 11.7 Å². The van der Waals surface area contributed by atoms with Crippen molar-refractivity contribution in [2.24, 2.45) is 0 Å². The van der Waals surface area contributed by atoms with E-state index in [1.54, 1.807) is 37.5 Å². The van der Waals surface area contributed by atoms with Crippen molar-refractivity contribution in [3.05, 3.63) is 71.9 Å². The summed E-state index contributed by atoms with van der Waals surface area (Å²) in [6, 6.07) is 13.6. The van der Waals surface area contributed by atoms with E-state index in [9.17, 15) is 4.79 Å². The molecule has 5 rings (SSSR count). The predicted molar refractivity (Wildman–Crippen MR) is 120 cm³/mol. The fraction of sp³-hybridized carbons (Fsp3) is 0.292. The minimum Gasteiger partial charge on any atom is -0.493 e. The van der Waals surface area contributed by atoms with Crippen LogP contribution in [0.25, 0.3) is 11.4 Å². The highest BCUT2D eigenvalue weighted by Crippen LogP contribution is 2.33. The third kappa shape index (κ3) is 4.03. The van der Waals surface area contributed by atoms with E-state index in [-0.39, 0.29) is 24.5 Å². The Morgan fingerprint density at radius 3 is 2.64 bits per heavy atom. The van der Waals surface area contributed by atoms with Gasteiger partial charge in [-0.3, -0.25) is 4.79 Å². The average molecular weight is 447 g/mol. The van der Waals surface area contributed by atoms with E-state index < -0.39 is 0 Å². The Bertz CT molecular complexity index is 1190. The molecule has 33 heavy (non-hydrogen) atoms. The van der Waals surface area contributed by atoms with Crippen LogP contribution in [-0.2, 0) is 11.3 Å². The number of hydrazine groups is 1. The summed E-state index contributed by atoms with van der Waals surface area (Å²) in [6.45, 7) is 2.27. The first-order valence-electron chi connectivity index (χ1n) is 10.7. The van der Waals surface area contributed by atoms with Gasteiger partial charge in [0.15, 0.2) is 11.5 Å². The average Bonchev–Trinajstić information content (AvgIpc) is 3.49. The minimum absolute atomic E-state index is 0.00882. The zero-order valence-electron chi connectivity index (χ0n) is 18.7. The van der Waals surface area contributed by atoms with E-state index >= 15 is 0 Å². The number of amides is 1. The third-order valence-electron chi connectivity index (χ3n) is 5.97. The van der Waals surface area contributed by atoms with Crippen LogP contribution in [0.3, 0.4) is 0 Å². The lowest BCUT2D eigenvalue weighted by molar-refractivity contribution is -0.135. The highest BCUT2D eigenvalue weighted by molar-refractivity contribution is 5.84. The number of carbonyl (C=O) groups excluding carboxylic acids is 1. The molecule has 1 N–H and O–H groups in total. The van der Waals surface area contributed by atoms with Crippen LogP contribution >= 0.6 is 0 Å². The number of carbonyl (C=O) groups is 1. The van der Waals surface area contributed by atoms with Gasteiger partial charge in [0.25, 0.3) is 5.91 Å². The molecule has 0 saturated carbocycles. The Balaban J connectivity index is 1.28. The van der Waals surface area contributed by atoms with E-state index in [2.05, 4.69) is 46.8 Å². The monoisotopic (exact) mass is 447 g/mol. The Kier molecular flexibility index (Phi) is 5.47. The van der Waals surface area contributed by atoms with E-state index in [0.717, 1.165) is 5.56 Å². The lowest BCUT2D eigenvalue weighted by Gasteiger charge is -2.30. The molecule has 3 heterocycles. The number of hydrogen-bond acceptors (Lipinski definition) is 8. The van der Waals surface area contributed by atoms with Gasteiger partial charge in [0, 0.05) is 18.0 Å². The summed E-state index contributed by atoms with van der Waals surface area (Å²) in [7, 11) is 3.15. The maximum Gasteiger partial charge on any atom is 0.251 e. The van der Waals surface area contributed by atoms with Gasteiger partial charge in [-0.25, -0.2) is 5.43 Å². The minimum atomic E-state index is -0.283. The molecule has 9 nitrogen and oxygen atoms in total. The van der Waals surface area contributed by atoms with Crippen molar-refractivity contribution in [3.63, 3.8) is 0 Å². The van der Waals surface area contributed by atoms with Gasteiger partial charge in [0.1, 0.15) is 12.6 Å². The topological polar surface area (TPSA) is 93.0 Å². The predicted octanol–water partition coefficient (Wildman–Crippen LogP) is 3.20. The molecule has 9 heteroatoms. The van der Waals surface area contributed by atoms with Gasteiger partial charge in [-0.15, -0.1) is 0 Å². The largest absolute Gasteiger partial charge is 0.493 e. The number of nitrogens with one attached hydrogen (secondary N) is 1. The van der Waals surface area contributed by atoms with Gasteiger partial charge in [-0.05, 0) is 37.1 Å². The van der Waals surface area contributed by atoms with Crippen LogP contribution in [0.15, 0.2) is 59.4 Å². The highest BCUT2D eigenvalue weighted by atomic mass is 16.5. The first kappa shape index (κ1) is 21.0. The fourth-order valence-electron chi connectivity index (χ4n) is 4.14. The second kappa shape index (κ2) is 8.59. The molecule has 0 radical (unpaired) electrons.